The number of nitro benzene ring substituents is 1. The van der Waals surface area contributed by atoms with Crippen LogP contribution in [0.25, 0.3) is 22.6 Å². The summed E-state index contributed by atoms with van der Waals surface area (Å²) in [5.74, 6) is 0.368. The molecule has 2 aromatic heterocycles. The SMILES string of the molecule is Cc1ccc(Nc2nc(-c3ccc(C(=O)N/N=C\c4ccc(-c5ccc(Cl)c([N+](=O)[O-])c5)o4)cc3)cs2)cc1. The summed E-state index contributed by atoms with van der Waals surface area (Å²) < 4.78 is 5.66. The molecule has 0 bridgehead atoms. The quantitative estimate of drug-likeness (QED) is 0.116. The molecule has 0 saturated carbocycles. The number of thiazole rings is 1. The number of aromatic nitrogens is 1. The Morgan fingerprint density at radius 3 is 2.54 bits per heavy atom. The molecular formula is C28H20ClN5O4S. The number of hydrazone groups is 1. The molecule has 0 atom stereocenters. The lowest BCUT2D eigenvalue weighted by Crippen LogP contribution is -2.17. The van der Waals surface area contributed by atoms with Crippen LogP contribution in [0.2, 0.25) is 5.02 Å². The summed E-state index contributed by atoms with van der Waals surface area (Å²) in [6.07, 6.45) is 1.35. The van der Waals surface area contributed by atoms with Gasteiger partial charge in [0.2, 0.25) is 0 Å². The smallest absolute Gasteiger partial charge is 0.288 e. The third-order valence-corrected chi connectivity index (χ3v) is 6.74. The van der Waals surface area contributed by atoms with E-state index in [-0.39, 0.29) is 10.7 Å². The van der Waals surface area contributed by atoms with Gasteiger partial charge in [0.15, 0.2) is 5.13 Å². The highest BCUT2D eigenvalue weighted by atomic mass is 35.5. The summed E-state index contributed by atoms with van der Waals surface area (Å²) in [5.41, 5.74) is 7.01. The second kappa shape index (κ2) is 11.3. The molecule has 0 unspecified atom stereocenters. The number of carbonyl (C=O) groups is 1. The van der Waals surface area contributed by atoms with Crippen LogP contribution in [0, 0.1) is 17.0 Å². The van der Waals surface area contributed by atoms with Crippen LogP contribution in [0.15, 0.2) is 93.8 Å². The number of aryl methyl sites for hydroxylation is 1. The van der Waals surface area contributed by atoms with Crippen molar-refractivity contribution in [1.29, 1.82) is 0 Å². The second-order valence-electron chi connectivity index (χ2n) is 8.43. The number of benzene rings is 3. The minimum atomic E-state index is -0.558. The fourth-order valence-electron chi connectivity index (χ4n) is 3.62. The number of nitrogens with zero attached hydrogens (tertiary/aromatic N) is 3. The van der Waals surface area contributed by atoms with Gasteiger partial charge in [-0.3, -0.25) is 14.9 Å². The minimum absolute atomic E-state index is 0.0410. The number of halogens is 1. The van der Waals surface area contributed by atoms with Crippen molar-refractivity contribution in [3.63, 3.8) is 0 Å². The predicted molar refractivity (Wildman–Crippen MR) is 153 cm³/mol. The Labute approximate surface area is 231 Å². The summed E-state index contributed by atoms with van der Waals surface area (Å²) in [7, 11) is 0. The van der Waals surface area contributed by atoms with Crippen LogP contribution >= 0.6 is 22.9 Å². The molecule has 0 spiro atoms. The maximum atomic E-state index is 12.5. The van der Waals surface area contributed by atoms with Gasteiger partial charge in [0, 0.05) is 33.8 Å². The molecule has 0 aliphatic carbocycles. The fourth-order valence-corrected chi connectivity index (χ4v) is 4.55. The topological polar surface area (TPSA) is 123 Å². The van der Waals surface area contributed by atoms with Gasteiger partial charge in [-0.15, -0.1) is 11.3 Å². The third-order valence-electron chi connectivity index (χ3n) is 5.66. The van der Waals surface area contributed by atoms with Crippen LogP contribution in [0.3, 0.4) is 0 Å². The van der Waals surface area contributed by atoms with E-state index in [1.54, 1.807) is 30.3 Å². The first-order valence-corrected chi connectivity index (χ1v) is 12.9. The largest absolute Gasteiger partial charge is 0.455 e. The summed E-state index contributed by atoms with van der Waals surface area (Å²) in [5, 5.41) is 21.1. The maximum Gasteiger partial charge on any atom is 0.288 e. The molecule has 0 fully saturated rings. The molecule has 0 aliphatic heterocycles. The molecule has 5 aromatic rings. The van der Waals surface area contributed by atoms with Crippen molar-refractivity contribution in [2.75, 3.05) is 5.32 Å². The second-order valence-corrected chi connectivity index (χ2v) is 9.70. The number of hydrogen-bond acceptors (Lipinski definition) is 8. The fraction of sp³-hybridized carbons (Fsp3) is 0.0357. The first kappa shape index (κ1) is 25.8. The number of carbonyl (C=O) groups excluding carboxylic acids is 1. The molecule has 9 nitrogen and oxygen atoms in total. The lowest BCUT2D eigenvalue weighted by atomic mass is 10.1. The van der Waals surface area contributed by atoms with Crippen molar-refractivity contribution in [3.8, 4) is 22.6 Å². The third kappa shape index (κ3) is 6.20. The number of furan rings is 1. The molecule has 11 heteroatoms. The zero-order chi connectivity index (χ0) is 27.4. The monoisotopic (exact) mass is 557 g/mol. The van der Waals surface area contributed by atoms with Crippen molar-refractivity contribution < 1.29 is 14.1 Å². The molecule has 5 rings (SSSR count). The van der Waals surface area contributed by atoms with Crippen LogP contribution < -0.4 is 10.7 Å². The van der Waals surface area contributed by atoms with E-state index in [4.69, 9.17) is 16.0 Å². The van der Waals surface area contributed by atoms with Gasteiger partial charge in [-0.05, 0) is 55.5 Å². The van der Waals surface area contributed by atoms with Crippen LogP contribution in [0.5, 0.6) is 0 Å². The van der Waals surface area contributed by atoms with E-state index in [1.165, 1.54) is 35.2 Å². The summed E-state index contributed by atoms with van der Waals surface area (Å²) in [4.78, 5) is 27.7. The lowest BCUT2D eigenvalue weighted by molar-refractivity contribution is -0.384. The van der Waals surface area contributed by atoms with E-state index in [0.717, 1.165) is 22.1 Å². The number of hydrogen-bond donors (Lipinski definition) is 2. The van der Waals surface area contributed by atoms with Gasteiger partial charge in [-0.25, -0.2) is 10.4 Å². The summed E-state index contributed by atoms with van der Waals surface area (Å²) >= 11 is 7.37. The van der Waals surface area contributed by atoms with E-state index >= 15 is 0 Å². The zero-order valence-corrected chi connectivity index (χ0v) is 22.0. The Balaban J connectivity index is 1.19. The minimum Gasteiger partial charge on any atom is -0.455 e. The van der Waals surface area contributed by atoms with E-state index in [1.807, 2.05) is 48.7 Å². The molecule has 194 valence electrons. The van der Waals surface area contributed by atoms with Crippen LogP contribution in [-0.4, -0.2) is 22.0 Å². The molecule has 0 saturated heterocycles. The average Bonchev–Trinajstić information content (AvgIpc) is 3.60. The van der Waals surface area contributed by atoms with E-state index in [2.05, 4.69) is 20.8 Å². The highest BCUT2D eigenvalue weighted by Gasteiger charge is 2.15. The molecular weight excluding hydrogens is 538 g/mol. The number of anilines is 2. The number of rotatable bonds is 8. The first-order chi connectivity index (χ1) is 18.9. The Morgan fingerprint density at radius 2 is 1.79 bits per heavy atom. The number of amides is 1. The highest BCUT2D eigenvalue weighted by molar-refractivity contribution is 7.14. The van der Waals surface area contributed by atoms with Gasteiger partial charge in [0.05, 0.1) is 16.8 Å². The predicted octanol–water partition coefficient (Wildman–Crippen LogP) is 7.45. The van der Waals surface area contributed by atoms with Gasteiger partial charge in [-0.1, -0.05) is 41.4 Å². The standard InChI is InChI=1S/C28H20ClN5O4S/c1-17-2-9-21(10-3-17)31-28-32-24(16-39-28)18-4-6-19(7-5-18)27(35)33-30-15-22-11-13-26(38-22)20-8-12-23(29)25(14-20)34(36)37/h2-16H,1H3,(H,31,32)(H,33,35)/b30-15-. The summed E-state index contributed by atoms with van der Waals surface area (Å²) in [6, 6.07) is 22.8. The normalized spacial score (nSPS) is 11.0. The van der Waals surface area contributed by atoms with Crippen LogP contribution in [-0.2, 0) is 0 Å². The maximum absolute atomic E-state index is 12.5. The molecule has 2 N–H and O–H groups in total. The van der Waals surface area contributed by atoms with Gasteiger partial charge in [0.1, 0.15) is 16.5 Å². The molecule has 0 aliphatic rings. The first-order valence-electron chi connectivity index (χ1n) is 11.6. The average molecular weight is 558 g/mol. The van der Waals surface area contributed by atoms with Crippen molar-refractivity contribution in [2.45, 2.75) is 6.92 Å². The van der Waals surface area contributed by atoms with Gasteiger partial charge in [-0.2, -0.15) is 5.10 Å². The Morgan fingerprint density at radius 1 is 1.05 bits per heavy atom. The van der Waals surface area contributed by atoms with Crippen molar-refractivity contribution in [1.82, 2.24) is 10.4 Å². The molecule has 0 radical (unpaired) electrons. The Hall–Kier alpha value is -4.80. The van der Waals surface area contributed by atoms with E-state index in [0.29, 0.717) is 22.6 Å². The number of nitrogens with one attached hydrogen (secondary N) is 2. The Bertz CT molecular complexity index is 1680. The lowest BCUT2D eigenvalue weighted by Gasteiger charge is -2.03. The Kier molecular flexibility index (Phi) is 7.48. The van der Waals surface area contributed by atoms with Gasteiger partial charge >= 0.3 is 0 Å². The van der Waals surface area contributed by atoms with E-state index in [9.17, 15) is 14.9 Å². The summed E-state index contributed by atoms with van der Waals surface area (Å²) in [6.45, 7) is 2.04. The van der Waals surface area contributed by atoms with Crippen LogP contribution in [0.1, 0.15) is 21.7 Å². The zero-order valence-electron chi connectivity index (χ0n) is 20.4. The van der Waals surface area contributed by atoms with E-state index < -0.39 is 10.8 Å². The van der Waals surface area contributed by atoms with Crippen molar-refractivity contribution in [2.24, 2.45) is 5.10 Å². The number of nitro groups is 1. The molecule has 3 aromatic carbocycles. The van der Waals surface area contributed by atoms with Gasteiger partial charge in [0.25, 0.3) is 11.6 Å². The van der Waals surface area contributed by atoms with Gasteiger partial charge < -0.3 is 9.73 Å². The molecule has 2 heterocycles. The van der Waals surface area contributed by atoms with Crippen molar-refractivity contribution >= 4 is 51.6 Å². The molecule has 39 heavy (non-hydrogen) atoms. The van der Waals surface area contributed by atoms with Crippen LogP contribution in [0.4, 0.5) is 16.5 Å². The highest BCUT2D eigenvalue weighted by Crippen LogP contribution is 2.31. The molecule has 1 amide bonds. The van der Waals surface area contributed by atoms with Crippen molar-refractivity contribution in [3.05, 3.63) is 116 Å².